The molecule has 0 saturated heterocycles. The number of hydrogen-bond acceptors (Lipinski definition) is 3. The molecule has 2 atom stereocenters. The molecule has 2 aromatic heterocycles. The standard InChI is InChI=1S/C22H24N4O/c1-16-8-5-6-12-20(16)24-22(27)19-15-26(18-10-3-2-4-11-18)25-21(19)17-9-7-13-23-14-17/h2-4,7,9-11,13-16,20H,5-6,8,12H2,1H3,(H,24,27)/t16-,20-/m1/s1. The summed E-state index contributed by atoms with van der Waals surface area (Å²) in [5.74, 6) is 0.448. The Morgan fingerprint density at radius 1 is 1.11 bits per heavy atom. The van der Waals surface area contributed by atoms with Gasteiger partial charge in [-0.2, -0.15) is 5.10 Å². The van der Waals surface area contributed by atoms with Gasteiger partial charge in [-0.05, 0) is 43.0 Å². The lowest BCUT2D eigenvalue weighted by Crippen LogP contribution is -2.41. The molecule has 0 radical (unpaired) electrons. The molecule has 1 N–H and O–H groups in total. The molecule has 5 nitrogen and oxygen atoms in total. The van der Waals surface area contributed by atoms with E-state index in [1.165, 1.54) is 19.3 Å². The molecule has 1 aliphatic carbocycles. The van der Waals surface area contributed by atoms with E-state index in [2.05, 4.69) is 17.2 Å². The smallest absolute Gasteiger partial charge is 0.255 e. The van der Waals surface area contributed by atoms with E-state index in [9.17, 15) is 4.79 Å². The predicted molar refractivity (Wildman–Crippen MR) is 106 cm³/mol. The van der Waals surface area contributed by atoms with Crippen LogP contribution in [-0.4, -0.2) is 26.7 Å². The van der Waals surface area contributed by atoms with E-state index in [0.717, 1.165) is 17.7 Å². The summed E-state index contributed by atoms with van der Waals surface area (Å²) in [4.78, 5) is 17.3. The van der Waals surface area contributed by atoms with Crippen LogP contribution in [0.1, 0.15) is 43.0 Å². The van der Waals surface area contributed by atoms with E-state index >= 15 is 0 Å². The van der Waals surface area contributed by atoms with Crippen molar-refractivity contribution < 1.29 is 4.79 Å². The van der Waals surface area contributed by atoms with Crippen molar-refractivity contribution in [3.63, 3.8) is 0 Å². The largest absolute Gasteiger partial charge is 0.349 e. The van der Waals surface area contributed by atoms with Gasteiger partial charge in [0.2, 0.25) is 0 Å². The molecule has 138 valence electrons. The highest BCUT2D eigenvalue weighted by molar-refractivity contribution is 6.00. The predicted octanol–water partition coefficient (Wildman–Crippen LogP) is 4.24. The number of amides is 1. The summed E-state index contributed by atoms with van der Waals surface area (Å²) in [7, 11) is 0. The van der Waals surface area contributed by atoms with E-state index in [-0.39, 0.29) is 11.9 Å². The Kier molecular flexibility index (Phi) is 5.01. The lowest BCUT2D eigenvalue weighted by atomic mass is 9.86. The Morgan fingerprint density at radius 2 is 1.93 bits per heavy atom. The first-order valence-corrected chi connectivity index (χ1v) is 9.59. The normalized spacial score (nSPS) is 19.6. The number of hydrogen-bond donors (Lipinski definition) is 1. The summed E-state index contributed by atoms with van der Waals surface area (Å²) in [5, 5.41) is 7.95. The van der Waals surface area contributed by atoms with Crippen molar-refractivity contribution in [2.24, 2.45) is 5.92 Å². The van der Waals surface area contributed by atoms with Crippen molar-refractivity contribution >= 4 is 5.91 Å². The fraction of sp³-hybridized carbons (Fsp3) is 0.318. The van der Waals surface area contributed by atoms with E-state index in [4.69, 9.17) is 5.10 Å². The van der Waals surface area contributed by atoms with E-state index in [1.807, 2.05) is 48.7 Å². The van der Waals surface area contributed by atoms with Crippen LogP contribution in [0.4, 0.5) is 0 Å². The van der Waals surface area contributed by atoms with E-state index < -0.39 is 0 Å². The highest BCUT2D eigenvalue weighted by Gasteiger charge is 2.26. The molecular weight excluding hydrogens is 336 g/mol. The fourth-order valence-electron chi connectivity index (χ4n) is 3.75. The second kappa shape index (κ2) is 7.74. The number of benzene rings is 1. The molecule has 1 amide bonds. The minimum Gasteiger partial charge on any atom is -0.349 e. The Hall–Kier alpha value is -2.95. The third kappa shape index (κ3) is 3.77. The molecule has 2 heterocycles. The first kappa shape index (κ1) is 17.5. The number of pyridine rings is 1. The quantitative estimate of drug-likeness (QED) is 0.757. The van der Waals surface area contributed by atoms with Gasteiger partial charge >= 0.3 is 0 Å². The summed E-state index contributed by atoms with van der Waals surface area (Å²) < 4.78 is 1.77. The van der Waals surface area contributed by atoms with Crippen molar-refractivity contribution in [2.45, 2.75) is 38.6 Å². The minimum absolute atomic E-state index is 0.0604. The van der Waals surface area contributed by atoms with Gasteiger partial charge in [0.15, 0.2) is 0 Å². The maximum Gasteiger partial charge on any atom is 0.255 e. The summed E-state index contributed by atoms with van der Waals surface area (Å²) in [6.45, 7) is 2.22. The Balaban J connectivity index is 1.69. The first-order chi connectivity index (χ1) is 13.2. The molecule has 0 aliphatic heterocycles. The Bertz CT molecular complexity index is 905. The van der Waals surface area contributed by atoms with E-state index in [1.54, 1.807) is 17.1 Å². The molecule has 1 aromatic carbocycles. The summed E-state index contributed by atoms with van der Waals surface area (Å²) in [5.41, 5.74) is 3.01. The van der Waals surface area contributed by atoms with Crippen LogP contribution in [0.25, 0.3) is 16.9 Å². The first-order valence-electron chi connectivity index (χ1n) is 9.59. The molecule has 4 rings (SSSR count). The molecule has 1 fully saturated rings. The molecule has 1 aliphatic rings. The lowest BCUT2D eigenvalue weighted by molar-refractivity contribution is 0.0911. The second-order valence-electron chi connectivity index (χ2n) is 7.25. The maximum atomic E-state index is 13.1. The van der Waals surface area contributed by atoms with Gasteiger partial charge in [-0.3, -0.25) is 9.78 Å². The zero-order chi connectivity index (χ0) is 18.6. The van der Waals surface area contributed by atoms with Crippen molar-refractivity contribution in [1.29, 1.82) is 0 Å². The van der Waals surface area contributed by atoms with Crippen LogP contribution in [0.2, 0.25) is 0 Å². The van der Waals surface area contributed by atoms with Crippen LogP contribution in [0, 0.1) is 5.92 Å². The summed E-state index contributed by atoms with van der Waals surface area (Å²) in [6.07, 6.45) is 9.93. The highest BCUT2D eigenvalue weighted by atomic mass is 16.1. The average molecular weight is 360 g/mol. The van der Waals surface area contributed by atoms with Gasteiger partial charge in [0.1, 0.15) is 5.69 Å². The van der Waals surface area contributed by atoms with E-state index in [0.29, 0.717) is 17.2 Å². The number of nitrogens with zero attached hydrogens (tertiary/aromatic N) is 3. The number of para-hydroxylation sites is 1. The summed E-state index contributed by atoms with van der Waals surface area (Å²) in [6, 6.07) is 13.9. The number of aromatic nitrogens is 3. The monoisotopic (exact) mass is 360 g/mol. The molecule has 27 heavy (non-hydrogen) atoms. The van der Waals surface area contributed by atoms with Crippen molar-refractivity contribution in [2.75, 3.05) is 0 Å². The van der Waals surface area contributed by atoms with Crippen molar-refractivity contribution in [1.82, 2.24) is 20.1 Å². The molecule has 0 spiro atoms. The molecule has 3 aromatic rings. The zero-order valence-corrected chi connectivity index (χ0v) is 15.5. The van der Waals surface area contributed by atoms with Crippen LogP contribution in [-0.2, 0) is 0 Å². The zero-order valence-electron chi connectivity index (χ0n) is 15.5. The van der Waals surface area contributed by atoms with Crippen LogP contribution >= 0.6 is 0 Å². The van der Waals surface area contributed by atoms with Gasteiger partial charge in [0.05, 0.1) is 11.3 Å². The molecule has 5 heteroatoms. The number of rotatable bonds is 4. The van der Waals surface area contributed by atoms with Crippen LogP contribution in [0.15, 0.2) is 61.1 Å². The van der Waals surface area contributed by atoms with Crippen LogP contribution < -0.4 is 5.32 Å². The number of carbonyl (C=O) groups excluding carboxylic acids is 1. The van der Waals surface area contributed by atoms with Gasteiger partial charge in [-0.15, -0.1) is 0 Å². The topological polar surface area (TPSA) is 59.8 Å². The maximum absolute atomic E-state index is 13.1. The van der Waals surface area contributed by atoms with Gasteiger partial charge < -0.3 is 5.32 Å². The lowest BCUT2D eigenvalue weighted by Gasteiger charge is -2.29. The van der Waals surface area contributed by atoms with Gasteiger partial charge in [0, 0.05) is 30.2 Å². The average Bonchev–Trinajstić information content (AvgIpc) is 3.17. The van der Waals surface area contributed by atoms with Gasteiger partial charge in [0.25, 0.3) is 5.91 Å². The molecule has 1 saturated carbocycles. The molecule has 0 bridgehead atoms. The molecular formula is C22H24N4O. The third-order valence-corrected chi connectivity index (χ3v) is 5.34. The number of carbonyl (C=O) groups is 1. The Labute approximate surface area is 159 Å². The Morgan fingerprint density at radius 3 is 2.67 bits per heavy atom. The molecule has 0 unspecified atom stereocenters. The van der Waals surface area contributed by atoms with Gasteiger partial charge in [-0.1, -0.05) is 38.0 Å². The van der Waals surface area contributed by atoms with Crippen molar-refractivity contribution in [3.8, 4) is 16.9 Å². The second-order valence-corrected chi connectivity index (χ2v) is 7.25. The SMILES string of the molecule is C[C@@H]1CCCC[C@H]1NC(=O)c1cn(-c2ccccc2)nc1-c1cccnc1. The van der Waals surface area contributed by atoms with Crippen LogP contribution in [0.5, 0.6) is 0 Å². The fourth-order valence-corrected chi connectivity index (χ4v) is 3.75. The third-order valence-electron chi connectivity index (χ3n) is 5.34. The van der Waals surface area contributed by atoms with Crippen LogP contribution in [0.3, 0.4) is 0 Å². The highest BCUT2D eigenvalue weighted by Crippen LogP contribution is 2.26. The minimum atomic E-state index is -0.0604. The number of nitrogens with one attached hydrogen (secondary N) is 1. The van der Waals surface area contributed by atoms with Gasteiger partial charge in [-0.25, -0.2) is 4.68 Å². The summed E-state index contributed by atoms with van der Waals surface area (Å²) >= 11 is 0. The van der Waals surface area contributed by atoms with Crippen molar-refractivity contribution in [3.05, 3.63) is 66.6 Å².